The number of alkyl halides is 1. The summed E-state index contributed by atoms with van der Waals surface area (Å²) in [6.07, 6.45) is 1.60. The molecule has 0 aliphatic heterocycles. The molecule has 0 aromatic carbocycles. The summed E-state index contributed by atoms with van der Waals surface area (Å²) in [4.78, 5) is 14.8. The number of hydrogen-bond donors (Lipinski definition) is 1. The zero-order valence-corrected chi connectivity index (χ0v) is 7.43. The minimum atomic E-state index is -0.220. The molecule has 0 fully saturated rings. The van der Waals surface area contributed by atoms with Crippen molar-refractivity contribution in [3.05, 3.63) is 24.0 Å². The highest BCUT2D eigenvalue weighted by atomic mass is 35.5. The smallest absolute Gasteiger partial charge is 0.239 e. The predicted molar refractivity (Wildman–Crippen MR) is 48.3 cm³/mol. The Morgan fingerprint density at radius 1 is 1.67 bits per heavy atom. The van der Waals surface area contributed by atoms with E-state index in [-0.39, 0.29) is 11.8 Å². The zero-order chi connectivity index (χ0) is 8.97. The normalized spacial score (nSPS) is 9.50. The van der Waals surface area contributed by atoms with Crippen molar-refractivity contribution in [3.63, 3.8) is 0 Å². The number of aromatic nitrogens is 1. The van der Waals surface area contributed by atoms with Gasteiger partial charge in [0, 0.05) is 5.69 Å². The number of carbonyl (C=O) groups is 1. The van der Waals surface area contributed by atoms with Gasteiger partial charge >= 0.3 is 0 Å². The quantitative estimate of drug-likeness (QED) is 0.709. The fraction of sp³-hybridized carbons (Fsp3) is 0.250. The molecule has 4 heteroatoms. The fourth-order valence-electron chi connectivity index (χ4n) is 0.736. The van der Waals surface area contributed by atoms with E-state index in [9.17, 15) is 4.79 Å². The Bertz CT molecular complexity index is 271. The SMILES string of the molecule is Cc1ccc(NC(=O)CCl)cn1. The molecule has 1 heterocycles. The minimum absolute atomic E-state index is 0.0339. The number of pyridine rings is 1. The summed E-state index contributed by atoms with van der Waals surface area (Å²) in [6.45, 7) is 1.88. The molecule has 0 unspecified atom stereocenters. The molecule has 0 spiro atoms. The van der Waals surface area contributed by atoms with Gasteiger partial charge < -0.3 is 5.32 Å². The van der Waals surface area contributed by atoms with Gasteiger partial charge in [-0.25, -0.2) is 0 Å². The average molecular weight is 185 g/mol. The van der Waals surface area contributed by atoms with Crippen LogP contribution in [0.3, 0.4) is 0 Å². The van der Waals surface area contributed by atoms with Crippen LogP contribution < -0.4 is 5.32 Å². The van der Waals surface area contributed by atoms with Gasteiger partial charge in [-0.1, -0.05) is 0 Å². The van der Waals surface area contributed by atoms with Gasteiger partial charge in [0.25, 0.3) is 0 Å². The van der Waals surface area contributed by atoms with Crippen LogP contribution in [0.1, 0.15) is 5.69 Å². The Hall–Kier alpha value is -1.09. The van der Waals surface area contributed by atoms with E-state index in [0.29, 0.717) is 5.69 Å². The Balaban J connectivity index is 2.64. The molecule has 1 aromatic rings. The maximum Gasteiger partial charge on any atom is 0.239 e. The highest BCUT2D eigenvalue weighted by Gasteiger charge is 1.98. The van der Waals surface area contributed by atoms with Crippen molar-refractivity contribution in [1.29, 1.82) is 0 Å². The number of amides is 1. The van der Waals surface area contributed by atoms with E-state index < -0.39 is 0 Å². The van der Waals surface area contributed by atoms with E-state index in [0.717, 1.165) is 5.69 Å². The number of nitrogens with one attached hydrogen (secondary N) is 1. The molecule has 1 aromatic heterocycles. The lowest BCUT2D eigenvalue weighted by atomic mass is 10.3. The zero-order valence-electron chi connectivity index (χ0n) is 6.67. The van der Waals surface area contributed by atoms with Crippen molar-refractivity contribution in [2.45, 2.75) is 6.92 Å². The summed E-state index contributed by atoms with van der Waals surface area (Å²) in [7, 11) is 0. The Kier molecular flexibility index (Phi) is 3.05. The highest BCUT2D eigenvalue weighted by molar-refractivity contribution is 6.29. The number of carbonyl (C=O) groups excluding carboxylic acids is 1. The van der Waals surface area contributed by atoms with E-state index in [1.54, 1.807) is 12.3 Å². The van der Waals surface area contributed by atoms with E-state index in [1.807, 2.05) is 13.0 Å². The topological polar surface area (TPSA) is 42.0 Å². The molecule has 1 amide bonds. The van der Waals surface area contributed by atoms with Crippen molar-refractivity contribution in [2.75, 3.05) is 11.2 Å². The molecule has 1 rings (SSSR count). The second-order valence-corrected chi connectivity index (χ2v) is 2.64. The summed E-state index contributed by atoms with van der Waals surface area (Å²) in [5.41, 5.74) is 1.59. The third-order valence-corrected chi connectivity index (χ3v) is 1.56. The Labute approximate surface area is 75.8 Å². The monoisotopic (exact) mass is 184 g/mol. The number of rotatable bonds is 2. The van der Waals surface area contributed by atoms with Gasteiger partial charge in [0.2, 0.25) is 5.91 Å². The van der Waals surface area contributed by atoms with Crippen molar-refractivity contribution in [2.24, 2.45) is 0 Å². The first kappa shape index (κ1) is 9.00. The van der Waals surface area contributed by atoms with Gasteiger partial charge in [0.05, 0.1) is 11.9 Å². The molecule has 64 valence electrons. The molecule has 0 bridgehead atoms. The van der Waals surface area contributed by atoms with E-state index in [4.69, 9.17) is 11.6 Å². The van der Waals surface area contributed by atoms with Crippen molar-refractivity contribution in [1.82, 2.24) is 4.98 Å². The molecule has 0 saturated heterocycles. The first-order valence-corrected chi connectivity index (χ1v) is 4.04. The molecule has 12 heavy (non-hydrogen) atoms. The lowest BCUT2D eigenvalue weighted by molar-refractivity contribution is -0.113. The molecule has 3 nitrogen and oxygen atoms in total. The first-order valence-electron chi connectivity index (χ1n) is 3.51. The van der Waals surface area contributed by atoms with Gasteiger partial charge in [-0.3, -0.25) is 9.78 Å². The molecular formula is C8H9ClN2O. The molecule has 0 aliphatic carbocycles. The average Bonchev–Trinajstić information content (AvgIpc) is 2.09. The molecule has 0 radical (unpaired) electrons. The van der Waals surface area contributed by atoms with Crippen LogP contribution in [0.5, 0.6) is 0 Å². The number of nitrogens with zero attached hydrogens (tertiary/aromatic N) is 1. The molecular weight excluding hydrogens is 176 g/mol. The lowest BCUT2D eigenvalue weighted by Gasteiger charge is -2.01. The Morgan fingerprint density at radius 3 is 2.92 bits per heavy atom. The highest BCUT2D eigenvalue weighted by Crippen LogP contribution is 2.04. The number of aryl methyl sites for hydroxylation is 1. The summed E-state index contributed by atoms with van der Waals surface area (Å²) < 4.78 is 0. The molecule has 1 N–H and O–H groups in total. The number of halogens is 1. The van der Waals surface area contributed by atoms with Crippen LogP contribution in [0.2, 0.25) is 0 Å². The maximum atomic E-state index is 10.8. The first-order chi connectivity index (χ1) is 5.72. The second kappa shape index (κ2) is 4.07. The van der Waals surface area contributed by atoms with Crippen molar-refractivity contribution < 1.29 is 4.79 Å². The van der Waals surface area contributed by atoms with Crippen molar-refractivity contribution in [3.8, 4) is 0 Å². The van der Waals surface area contributed by atoms with Crippen LogP contribution in [0, 0.1) is 6.92 Å². The Morgan fingerprint density at radius 2 is 2.42 bits per heavy atom. The molecule has 0 aliphatic rings. The van der Waals surface area contributed by atoms with Crippen LogP contribution in [0.15, 0.2) is 18.3 Å². The van der Waals surface area contributed by atoms with E-state index >= 15 is 0 Å². The minimum Gasteiger partial charge on any atom is -0.324 e. The molecule has 0 saturated carbocycles. The molecule has 0 atom stereocenters. The van der Waals surface area contributed by atoms with Crippen LogP contribution >= 0.6 is 11.6 Å². The van der Waals surface area contributed by atoms with Crippen LogP contribution in [0.25, 0.3) is 0 Å². The van der Waals surface area contributed by atoms with E-state index in [1.165, 1.54) is 0 Å². The third kappa shape index (κ3) is 2.51. The fourth-order valence-corrected chi connectivity index (χ4v) is 0.803. The summed E-state index contributed by atoms with van der Waals surface area (Å²) >= 11 is 5.30. The summed E-state index contributed by atoms with van der Waals surface area (Å²) in [5.74, 6) is -0.254. The van der Waals surface area contributed by atoms with E-state index in [2.05, 4.69) is 10.3 Å². The van der Waals surface area contributed by atoms with Gasteiger partial charge in [0.1, 0.15) is 5.88 Å². The summed E-state index contributed by atoms with van der Waals surface area (Å²) in [5, 5.41) is 2.59. The van der Waals surface area contributed by atoms with Gasteiger partial charge in [-0.15, -0.1) is 11.6 Å². The number of hydrogen-bond acceptors (Lipinski definition) is 2. The largest absolute Gasteiger partial charge is 0.324 e. The van der Waals surface area contributed by atoms with Crippen LogP contribution in [-0.4, -0.2) is 16.8 Å². The standard InChI is InChI=1S/C8H9ClN2O/c1-6-2-3-7(5-10-6)11-8(12)4-9/h2-3,5H,4H2,1H3,(H,11,12). The third-order valence-electron chi connectivity index (χ3n) is 1.32. The van der Waals surface area contributed by atoms with Crippen LogP contribution in [0.4, 0.5) is 5.69 Å². The van der Waals surface area contributed by atoms with Crippen LogP contribution in [-0.2, 0) is 4.79 Å². The van der Waals surface area contributed by atoms with Gasteiger partial charge in [-0.05, 0) is 19.1 Å². The predicted octanol–water partition coefficient (Wildman–Crippen LogP) is 1.57. The van der Waals surface area contributed by atoms with Crippen molar-refractivity contribution >= 4 is 23.2 Å². The summed E-state index contributed by atoms with van der Waals surface area (Å²) in [6, 6.07) is 3.61. The van der Waals surface area contributed by atoms with Gasteiger partial charge in [-0.2, -0.15) is 0 Å². The lowest BCUT2D eigenvalue weighted by Crippen LogP contribution is -2.12. The number of anilines is 1. The maximum absolute atomic E-state index is 10.8. The van der Waals surface area contributed by atoms with Gasteiger partial charge in [0.15, 0.2) is 0 Å². The second-order valence-electron chi connectivity index (χ2n) is 2.37.